The van der Waals surface area contributed by atoms with E-state index in [9.17, 15) is 8.78 Å². The van der Waals surface area contributed by atoms with Crippen molar-refractivity contribution in [2.75, 3.05) is 0 Å². The number of hydrogen-bond donors (Lipinski definition) is 1. The van der Waals surface area contributed by atoms with Gasteiger partial charge in [0.05, 0.1) is 11.4 Å². The third-order valence-electron chi connectivity index (χ3n) is 2.88. The SMILES string of the molecule is NCc1c(-c2cc(F)ccc2F)nc2ncccn12. The molecule has 3 rings (SSSR count). The van der Waals surface area contributed by atoms with Crippen molar-refractivity contribution in [3.05, 3.63) is 54.0 Å². The highest BCUT2D eigenvalue weighted by Gasteiger charge is 2.17. The zero-order valence-electron chi connectivity index (χ0n) is 9.85. The average molecular weight is 260 g/mol. The normalized spacial score (nSPS) is 11.1. The summed E-state index contributed by atoms with van der Waals surface area (Å²) in [5.74, 6) is -0.662. The van der Waals surface area contributed by atoms with Crippen LogP contribution in [0, 0.1) is 11.6 Å². The maximum absolute atomic E-state index is 13.8. The van der Waals surface area contributed by atoms with Gasteiger partial charge in [0, 0.05) is 24.5 Å². The molecule has 0 saturated heterocycles. The van der Waals surface area contributed by atoms with Gasteiger partial charge in [-0.05, 0) is 24.3 Å². The van der Waals surface area contributed by atoms with Crippen LogP contribution >= 0.6 is 0 Å². The van der Waals surface area contributed by atoms with Gasteiger partial charge in [0.1, 0.15) is 11.6 Å². The van der Waals surface area contributed by atoms with E-state index in [1.165, 1.54) is 0 Å². The van der Waals surface area contributed by atoms with E-state index in [2.05, 4.69) is 9.97 Å². The van der Waals surface area contributed by atoms with Crippen LogP contribution < -0.4 is 5.73 Å². The monoisotopic (exact) mass is 260 g/mol. The van der Waals surface area contributed by atoms with E-state index in [0.29, 0.717) is 17.2 Å². The lowest BCUT2D eigenvalue weighted by Crippen LogP contribution is -2.03. The van der Waals surface area contributed by atoms with Gasteiger partial charge >= 0.3 is 0 Å². The molecule has 0 bridgehead atoms. The standard InChI is InChI=1S/C13H10F2N4/c14-8-2-3-10(15)9(6-8)12-11(7-16)19-5-1-4-17-13(19)18-12/h1-6H,7,16H2. The zero-order chi connectivity index (χ0) is 13.4. The summed E-state index contributed by atoms with van der Waals surface area (Å²) >= 11 is 0. The summed E-state index contributed by atoms with van der Waals surface area (Å²) in [6, 6.07) is 4.97. The maximum Gasteiger partial charge on any atom is 0.234 e. The molecule has 2 aromatic heterocycles. The van der Waals surface area contributed by atoms with Crippen molar-refractivity contribution in [1.82, 2.24) is 14.4 Å². The molecular formula is C13H10F2N4. The Kier molecular flexibility index (Phi) is 2.72. The molecule has 0 saturated carbocycles. The molecule has 0 atom stereocenters. The molecule has 6 heteroatoms. The molecule has 2 N–H and O–H groups in total. The van der Waals surface area contributed by atoms with Gasteiger partial charge in [0.2, 0.25) is 5.78 Å². The molecule has 0 aliphatic carbocycles. The Morgan fingerprint density at radius 3 is 2.89 bits per heavy atom. The molecule has 0 aliphatic heterocycles. The lowest BCUT2D eigenvalue weighted by Gasteiger charge is -2.03. The zero-order valence-corrected chi connectivity index (χ0v) is 9.85. The second kappa shape index (κ2) is 4.40. The molecule has 0 aliphatic rings. The van der Waals surface area contributed by atoms with Crippen LogP contribution in [0.4, 0.5) is 8.78 Å². The summed E-state index contributed by atoms with van der Waals surface area (Å²) in [5, 5.41) is 0. The predicted octanol–water partition coefficient (Wildman–Crippen LogP) is 2.13. The molecule has 3 aromatic rings. The van der Waals surface area contributed by atoms with Crippen molar-refractivity contribution < 1.29 is 8.78 Å². The number of rotatable bonds is 2. The van der Waals surface area contributed by atoms with E-state index in [0.717, 1.165) is 18.2 Å². The minimum absolute atomic E-state index is 0.0888. The lowest BCUT2D eigenvalue weighted by atomic mass is 10.1. The van der Waals surface area contributed by atoms with E-state index >= 15 is 0 Å². The van der Waals surface area contributed by atoms with Crippen molar-refractivity contribution in [1.29, 1.82) is 0 Å². The first-order valence-corrected chi connectivity index (χ1v) is 5.68. The predicted molar refractivity (Wildman–Crippen MR) is 66.2 cm³/mol. The molecule has 96 valence electrons. The van der Waals surface area contributed by atoms with Crippen LogP contribution in [0.3, 0.4) is 0 Å². The van der Waals surface area contributed by atoms with Crippen LogP contribution in [0.5, 0.6) is 0 Å². The Morgan fingerprint density at radius 2 is 2.11 bits per heavy atom. The van der Waals surface area contributed by atoms with E-state index < -0.39 is 11.6 Å². The Bertz CT molecular complexity index is 751. The minimum Gasteiger partial charge on any atom is -0.325 e. The number of fused-ring (bicyclic) bond motifs is 1. The first kappa shape index (κ1) is 11.7. The van der Waals surface area contributed by atoms with E-state index in [-0.39, 0.29) is 12.1 Å². The molecule has 0 amide bonds. The van der Waals surface area contributed by atoms with E-state index in [1.807, 2.05) is 0 Å². The number of benzene rings is 1. The van der Waals surface area contributed by atoms with Crippen molar-refractivity contribution in [2.24, 2.45) is 5.73 Å². The number of halogens is 2. The first-order chi connectivity index (χ1) is 9.20. The topological polar surface area (TPSA) is 56.2 Å². The minimum atomic E-state index is -0.542. The smallest absolute Gasteiger partial charge is 0.234 e. The molecule has 4 nitrogen and oxygen atoms in total. The van der Waals surface area contributed by atoms with Crippen LogP contribution in [0.15, 0.2) is 36.7 Å². The highest BCUT2D eigenvalue weighted by molar-refractivity contribution is 5.66. The fourth-order valence-electron chi connectivity index (χ4n) is 2.02. The summed E-state index contributed by atoms with van der Waals surface area (Å²) in [7, 11) is 0. The van der Waals surface area contributed by atoms with Crippen molar-refractivity contribution in [3.8, 4) is 11.3 Å². The fourth-order valence-corrected chi connectivity index (χ4v) is 2.02. The molecule has 0 spiro atoms. The number of hydrogen-bond acceptors (Lipinski definition) is 3. The highest BCUT2D eigenvalue weighted by Crippen LogP contribution is 2.26. The number of nitrogens with two attached hydrogens (primary N) is 1. The quantitative estimate of drug-likeness (QED) is 0.768. The Balaban J connectivity index is 2.33. The summed E-state index contributed by atoms with van der Waals surface area (Å²) in [5.41, 5.74) is 6.68. The third-order valence-corrected chi connectivity index (χ3v) is 2.88. The Hall–Kier alpha value is -2.34. The van der Waals surface area contributed by atoms with Gasteiger partial charge in [-0.3, -0.25) is 4.40 Å². The largest absolute Gasteiger partial charge is 0.325 e. The lowest BCUT2D eigenvalue weighted by molar-refractivity contribution is 0.602. The Morgan fingerprint density at radius 1 is 1.26 bits per heavy atom. The summed E-state index contributed by atoms with van der Waals surface area (Å²) in [6.45, 7) is 0.151. The van der Waals surface area contributed by atoms with Gasteiger partial charge in [0.15, 0.2) is 0 Å². The van der Waals surface area contributed by atoms with Gasteiger partial charge in [-0.25, -0.2) is 18.7 Å². The summed E-state index contributed by atoms with van der Waals surface area (Å²) in [4.78, 5) is 8.29. The number of nitrogens with zero attached hydrogens (tertiary/aromatic N) is 3. The van der Waals surface area contributed by atoms with E-state index in [1.54, 1.807) is 22.9 Å². The molecule has 1 aromatic carbocycles. The average Bonchev–Trinajstić information content (AvgIpc) is 2.79. The molecular weight excluding hydrogens is 250 g/mol. The van der Waals surface area contributed by atoms with Crippen LogP contribution in [0.25, 0.3) is 17.0 Å². The van der Waals surface area contributed by atoms with Crippen molar-refractivity contribution in [2.45, 2.75) is 6.54 Å². The fraction of sp³-hybridized carbons (Fsp3) is 0.0769. The van der Waals surface area contributed by atoms with Gasteiger partial charge in [-0.2, -0.15) is 0 Å². The van der Waals surface area contributed by atoms with Gasteiger partial charge in [-0.15, -0.1) is 0 Å². The Labute approximate surface area is 107 Å². The van der Waals surface area contributed by atoms with Crippen molar-refractivity contribution >= 4 is 5.78 Å². The van der Waals surface area contributed by atoms with E-state index in [4.69, 9.17) is 5.73 Å². The second-order valence-corrected chi connectivity index (χ2v) is 4.03. The molecule has 0 unspecified atom stereocenters. The van der Waals surface area contributed by atoms with Gasteiger partial charge in [-0.1, -0.05) is 0 Å². The van der Waals surface area contributed by atoms with Crippen LogP contribution in [-0.4, -0.2) is 14.4 Å². The van der Waals surface area contributed by atoms with Crippen LogP contribution in [0.1, 0.15) is 5.69 Å². The number of aromatic nitrogens is 3. The molecule has 19 heavy (non-hydrogen) atoms. The van der Waals surface area contributed by atoms with Crippen molar-refractivity contribution in [3.63, 3.8) is 0 Å². The van der Waals surface area contributed by atoms with Crippen LogP contribution in [0.2, 0.25) is 0 Å². The van der Waals surface area contributed by atoms with Gasteiger partial charge in [0.25, 0.3) is 0 Å². The first-order valence-electron chi connectivity index (χ1n) is 5.68. The highest BCUT2D eigenvalue weighted by atomic mass is 19.1. The summed E-state index contributed by atoms with van der Waals surface area (Å²) < 4.78 is 28.8. The summed E-state index contributed by atoms with van der Waals surface area (Å²) in [6.07, 6.45) is 3.31. The third kappa shape index (κ3) is 1.86. The molecule has 0 radical (unpaired) electrons. The molecule has 0 fully saturated rings. The molecule has 2 heterocycles. The van der Waals surface area contributed by atoms with Gasteiger partial charge < -0.3 is 5.73 Å². The number of imidazole rings is 1. The second-order valence-electron chi connectivity index (χ2n) is 4.03. The van der Waals surface area contributed by atoms with Crippen LogP contribution in [-0.2, 0) is 6.54 Å². The maximum atomic E-state index is 13.8.